The fourth-order valence-corrected chi connectivity index (χ4v) is 3.45. The molecule has 0 aliphatic rings. The Kier molecular flexibility index (Phi) is 9.80. The maximum absolute atomic E-state index is 12.1. The predicted octanol–water partition coefficient (Wildman–Crippen LogP) is 2.35. The highest BCUT2D eigenvalue weighted by Gasteiger charge is 2.18. The molecule has 0 unspecified atom stereocenters. The second kappa shape index (κ2) is 13.5. The van der Waals surface area contributed by atoms with Gasteiger partial charge in [0.15, 0.2) is 0 Å². The average Bonchev–Trinajstić information content (AvgIpc) is 3.34. The zero-order valence-electron chi connectivity index (χ0n) is 19.8. The van der Waals surface area contributed by atoms with Crippen LogP contribution in [0.4, 0.5) is 10.5 Å². The Morgan fingerprint density at radius 1 is 1.00 bits per heavy atom. The first-order valence-corrected chi connectivity index (χ1v) is 11.7. The Morgan fingerprint density at radius 3 is 2.56 bits per heavy atom. The maximum atomic E-state index is 12.1. The highest BCUT2D eigenvalue weighted by Crippen LogP contribution is 2.16. The first-order chi connectivity index (χ1) is 17.4. The van der Waals surface area contributed by atoms with Crippen molar-refractivity contribution in [1.29, 1.82) is 0 Å². The molecule has 0 bridgehead atoms. The van der Waals surface area contributed by atoms with Crippen LogP contribution >= 0.6 is 0 Å². The molecule has 6 N–H and O–H groups in total. The van der Waals surface area contributed by atoms with Crippen LogP contribution in [0.15, 0.2) is 54.7 Å². The molecule has 1 heterocycles. The van der Waals surface area contributed by atoms with Crippen molar-refractivity contribution in [1.82, 2.24) is 20.8 Å². The van der Waals surface area contributed by atoms with Crippen molar-refractivity contribution >= 4 is 40.4 Å². The number of hydrogen-bond acceptors (Lipinski definition) is 6. The third-order valence-electron chi connectivity index (χ3n) is 5.39. The number of ether oxygens (including phenoxy) is 1. The van der Waals surface area contributed by atoms with Crippen LogP contribution in [0.5, 0.6) is 0 Å². The number of fused-ring (bicyclic) bond motifs is 1. The quantitative estimate of drug-likeness (QED) is 0.229. The number of aromatic amines is 1. The molecule has 36 heavy (non-hydrogen) atoms. The van der Waals surface area contributed by atoms with E-state index in [9.17, 15) is 19.2 Å². The van der Waals surface area contributed by atoms with Gasteiger partial charge >= 0.3 is 6.09 Å². The number of rotatable bonds is 13. The van der Waals surface area contributed by atoms with E-state index < -0.39 is 18.0 Å². The number of hydrogen-bond donors (Lipinski definition) is 5. The first-order valence-electron chi connectivity index (χ1n) is 11.7. The highest BCUT2D eigenvalue weighted by molar-refractivity contribution is 5.95. The van der Waals surface area contributed by atoms with E-state index in [1.807, 2.05) is 36.4 Å². The van der Waals surface area contributed by atoms with Crippen molar-refractivity contribution in [3.63, 3.8) is 0 Å². The number of anilines is 1. The Hall–Kier alpha value is -4.41. The lowest BCUT2D eigenvalue weighted by atomic mass is 10.1. The molecule has 0 radical (unpaired) electrons. The molecule has 11 nitrogen and oxygen atoms in total. The third-order valence-corrected chi connectivity index (χ3v) is 5.39. The summed E-state index contributed by atoms with van der Waals surface area (Å²) in [5, 5.41) is 15.7. The molecule has 4 amide bonds. The fourth-order valence-electron chi connectivity index (χ4n) is 3.45. The molecule has 3 rings (SSSR count). The lowest BCUT2D eigenvalue weighted by molar-refractivity contribution is -0.124. The second-order valence-corrected chi connectivity index (χ2v) is 8.23. The summed E-state index contributed by atoms with van der Waals surface area (Å²) < 4.78 is 5.11. The smallest absolute Gasteiger partial charge is 0.408 e. The molecule has 190 valence electrons. The van der Waals surface area contributed by atoms with Gasteiger partial charge in [-0.25, -0.2) is 4.79 Å². The van der Waals surface area contributed by atoms with Crippen molar-refractivity contribution in [2.45, 2.75) is 44.8 Å². The minimum absolute atomic E-state index is 0.0472. The van der Waals surface area contributed by atoms with E-state index >= 15 is 0 Å². The number of benzene rings is 2. The van der Waals surface area contributed by atoms with Gasteiger partial charge in [-0.05, 0) is 43.0 Å². The van der Waals surface area contributed by atoms with Gasteiger partial charge in [0.1, 0.15) is 12.6 Å². The SMILES string of the molecule is NC(=O)[C@H](CCCCNC(=O)CCC(=O)Nc1ccc2cn[nH]c2c1)NC(=O)OCc1ccccc1. The summed E-state index contributed by atoms with van der Waals surface area (Å²) >= 11 is 0. The topological polar surface area (TPSA) is 168 Å². The average molecular weight is 495 g/mol. The Balaban J connectivity index is 1.27. The van der Waals surface area contributed by atoms with Crippen LogP contribution in [0.25, 0.3) is 10.9 Å². The van der Waals surface area contributed by atoms with Gasteiger partial charge in [0.05, 0.1) is 11.7 Å². The molecule has 0 saturated carbocycles. The standard InChI is InChI=1S/C25H30N6O5/c26-24(34)20(30-25(35)36-16-17-6-2-1-3-7-17)8-4-5-13-27-22(32)11-12-23(33)29-19-10-9-18-15-28-31-21(18)14-19/h1-3,6-7,9-10,14-15,20H,4-5,8,11-13,16H2,(H2,26,34)(H,27,32)(H,28,31)(H,29,33)(H,30,35)/t20-/m0/s1. The number of nitrogens with two attached hydrogens (primary N) is 1. The molecule has 11 heteroatoms. The molecule has 2 aromatic carbocycles. The minimum atomic E-state index is -0.867. The summed E-state index contributed by atoms with van der Waals surface area (Å²) in [6.45, 7) is 0.461. The second-order valence-electron chi connectivity index (χ2n) is 8.23. The number of primary amides is 1. The van der Waals surface area contributed by atoms with Gasteiger partial charge in [-0.15, -0.1) is 0 Å². The van der Waals surface area contributed by atoms with Crippen molar-refractivity contribution in [2.24, 2.45) is 5.73 Å². The van der Waals surface area contributed by atoms with Gasteiger partial charge in [0.2, 0.25) is 17.7 Å². The lowest BCUT2D eigenvalue weighted by Crippen LogP contribution is -2.44. The highest BCUT2D eigenvalue weighted by atomic mass is 16.5. The molecule has 0 spiro atoms. The van der Waals surface area contributed by atoms with E-state index in [1.54, 1.807) is 18.3 Å². The van der Waals surface area contributed by atoms with E-state index in [-0.39, 0.29) is 31.3 Å². The van der Waals surface area contributed by atoms with Gasteiger partial charge in [0, 0.05) is 30.5 Å². The summed E-state index contributed by atoms with van der Waals surface area (Å²) in [6, 6.07) is 13.7. The molecule has 3 aromatic rings. The number of carbonyl (C=O) groups is 4. The lowest BCUT2D eigenvalue weighted by Gasteiger charge is -2.15. The van der Waals surface area contributed by atoms with Crippen LogP contribution in [-0.2, 0) is 25.7 Å². The Morgan fingerprint density at radius 2 is 1.78 bits per heavy atom. The molecule has 0 saturated heterocycles. The van der Waals surface area contributed by atoms with E-state index in [1.165, 1.54) is 0 Å². The summed E-state index contributed by atoms with van der Waals surface area (Å²) in [4.78, 5) is 47.8. The van der Waals surface area contributed by atoms with Crippen molar-refractivity contribution in [3.8, 4) is 0 Å². The maximum Gasteiger partial charge on any atom is 0.408 e. The number of carbonyl (C=O) groups excluding carboxylic acids is 4. The number of aromatic nitrogens is 2. The predicted molar refractivity (Wildman–Crippen MR) is 134 cm³/mol. The summed E-state index contributed by atoms with van der Waals surface area (Å²) in [6.07, 6.45) is 2.50. The van der Waals surface area contributed by atoms with Gasteiger partial charge < -0.3 is 26.4 Å². The minimum Gasteiger partial charge on any atom is -0.445 e. The normalized spacial score (nSPS) is 11.4. The number of unbranched alkanes of at least 4 members (excludes halogenated alkanes) is 1. The van der Waals surface area contributed by atoms with Crippen LogP contribution in [0.1, 0.15) is 37.7 Å². The van der Waals surface area contributed by atoms with Crippen LogP contribution in [0.2, 0.25) is 0 Å². The summed E-state index contributed by atoms with van der Waals surface area (Å²) in [5.74, 6) is -1.17. The van der Waals surface area contributed by atoms with E-state index in [2.05, 4.69) is 26.1 Å². The third kappa shape index (κ3) is 8.75. The number of alkyl carbamates (subject to hydrolysis) is 1. The van der Waals surface area contributed by atoms with Crippen molar-refractivity contribution in [2.75, 3.05) is 11.9 Å². The molecular formula is C25H30N6O5. The summed E-state index contributed by atoms with van der Waals surface area (Å²) in [5.41, 5.74) is 7.64. The van der Waals surface area contributed by atoms with E-state index in [4.69, 9.17) is 10.5 Å². The monoisotopic (exact) mass is 494 g/mol. The van der Waals surface area contributed by atoms with Crippen LogP contribution < -0.4 is 21.7 Å². The zero-order chi connectivity index (χ0) is 25.8. The van der Waals surface area contributed by atoms with Crippen LogP contribution in [0, 0.1) is 0 Å². The Labute approximate surface area is 208 Å². The molecule has 1 aromatic heterocycles. The first kappa shape index (κ1) is 26.2. The molecule has 0 fully saturated rings. The van der Waals surface area contributed by atoms with Crippen LogP contribution in [0.3, 0.4) is 0 Å². The van der Waals surface area contributed by atoms with Crippen molar-refractivity contribution in [3.05, 3.63) is 60.3 Å². The van der Waals surface area contributed by atoms with Crippen molar-refractivity contribution < 1.29 is 23.9 Å². The fraction of sp³-hybridized carbons (Fsp3) is 0.320. The molecular weight excluding hydrogens is 464 g/mol. The number of nitrogens with one attached hydrogen (secondary N) is 4. The number of nitrogens with zero attached hydrogens (tertiary/aromatic N) is 1. The van der Waals surface area contributed by atoms with Gasteiger partial charge in [-0.2, -0.15) is 5.10 Å². The van der Waals surface area contributed by atoms with E-state index in [0.717, 1.165) is 16.5 Å². The zero-order valence-corrected chi connectivity index (χ0v) is 19.8. The number of amides is 4. The van der Waals surface area contributed by atoms with Crippen LogP contribution in [-0.4, -0.2) is 46.6 Å². The molecule has 1 atom stereocenters. The molecule has 0 aliphatic carbocycles. The van der Waals surface area contributed by atoms with Gasteiger partial charge in [-0.3, -0.25) is 19.5 Å². The van der Waals surface area contributed by atoms with Gasteiger partial charge in [0.25, 0.3) is 0 Å². The largest absolute Gasteiger partial charge is 0.445 e. The van der Waals surface area contributed by atoms with E-state index in [0.29, 0.717) is 31.5 Å². The number of H-pyrrole nitrogens is 1. The summed E-state index contributed by atoms with van der Waals surface area (Å²) in [7, 11) is 0. The van der Waals surface area contributed by atoms with Gasteiger partial charge in [-0.1, -0.05) is 30.3 Å². The Bertz CT molecular complexity index is 1180. The molecule has 0 aliphatic heterocycles.